The maximum absolute atomic E-state index is 6.23. The lowest BCUT2D eigenvalue weighted by molar-refractivity contribution is 0.0221. The van der Waals surface area contributed by atoms with Gasteiger partial charge in [-0.05, 0) is 49.0 Å². The summed E-state index contributed by atoms with van der Waals surface area (Å²) in [6.07, 6.45) is 8.33. The van der Waals surface area contributed by atoms with Crippen LogP contribution in [0.15, 0.2) is 12.2 Å². The van der Waals surface area contributed by atoms with Crippen molar-refractivity contribution in [1.82, 2.24) is 10.2 Å². The first kappa shape index (κ1) is 32.5. The molecule has 1 saturated heterocycles. The van der Waals surface area contributed by atoms with Crippen LogP contribution in [0.3, 0.4) is 0 Å². The third-order valence-electron chi connectivity index (χ3n) is 6.06. The van der Waals surface area contributed by atoms with E-state index in [1.807, 2.05) is 0 Å². The van der Waals surface area contributed by atoms with Gasteiger partial charge in [0.2, 0.25) is 0 Å². The van der Waals surface area contributed by atoms with E-state index >= 15 is 0 Å². The number of hydrogen-bond donors (Lipinski definition) is 2. The highest BCUT2D eigenvalue weighted by atomic mass is 35.5. The number of piperidine rings is 1. The molecule has 0 aromatic heterocycles. The normalized spacial score (nSPS) is 27.6. The van der Waals surface area contributed by atoms with E-state index in [1.165, 1.54) is 25.9 Å². The molecule has 1 aliphatic carbocycles. The maximum atomic E-state index is 6.23. The van der Waals surface area contributed by atoms with Crippen LogP contribution in [-0.4, -0.2) is 65.5 Å². The van der Waals surface area contributed by atoms with Crippen LogP contribution < -0.4 is 11.1 Å². The third kappa shape index (κ3) is 9.08. The second-order valence-corrected chi connectivity index (χ2v) is 9.41. The molecule has 0 aromatic carbocycles. The summed E-state index contributed by atoms with van der Waals surface area (Å²) in [5.41, 5.74) is 6.03. The number of nitrogens with two attached hydrogens (primary N) is 1. The summed E-state index contributed by atoms with van der Waals surface area (Å²) in [5, 5.41) is 3.88. The van der Waals surface area contributed by atoms with Crippen molar-refractivity contribution in [2.75, 3.05) is 32.7 Å². The second kappa shape index (κ2) is 14.7. The standard InChI is InChI=1S/C20H38ClN3.CH4.3H2O/c1-15(2)19(23-11-10-22)13-24-12-9-18(20(3,4)14-24)16-5-7-17(21)8-6-16;;;;/h5,7,15-19,23H,6,8-14,22H2,1-4H3;1H4;3*1H2/t16?,17?,18?,19-;;;;/m0..../s1. The number of hydrogen-bond acceptors (Lipinski definition) is 3. The average molecular weight is 426 g/mol. The number of rotatable bonds is 7. The summed E-state index contributed by atoms with van der Waals surface area (Å²) in [6, 6.07) is 0.535. The maximum Gasteiger partial charge on any atom is 0.0516 e. The Hall–Kier alpha value is -0.210. The number of nitrogens with one attached hydrogen (secondary N) is 1. The van der Waals surface area contributed by atoms with Crippen molar-refractivity contribution in [3.05, 3.63) is 12.2 Å². The van der Waals surface area contributed by atoms with E-state index in [0.717, 1.165) is 25.4 Å². The minimum absolute atomic E-state index is 0. The predicted molar refractivity (Wildman–Crippen MR) is 123 cm³/mol. The molecule has 6 nitrogen and oxygen atoms in total. The fourth-order valence-corrected chi connectivity index (χ4v) is 4.85. The molecular formula is C21H48ClN3O3. The lowest BCUT2D eigenvalue weighted by Crippen LogP contribution is -2.53. The number of nitrogens with zero attached hydrogens (tertiary/aromatic N) is 1. The highest BCUT2D eigenvalue weighted by Gasteiger charge is 2.40. The molecule has 9 N–H and O–H groups in total. The van der Waals surface area contributed by atoms with Gasteiger partial charge in [-0.2, -0.15) is 0 Å². The lowest BCUT2D eigenvalue weighted by Gasteiger charge is -2.48. The number of allylic oxidation sites excluding steroid dienone is 2. The van der Waals surface area contributed by atoms with Gasteiger partial charge in [0.05, 0.1) is 5.38 Å². The van der Waals surface area contributed by atoms with Crippen LogP contribution in [0, 0.1) is 23.2 Å². The first-order valence-electron chi connectivity index (χ1n) is 9.81. The van der Waals surface area contributed by atoms with Crippen molar-refractivity contribution in [2.24, 2.45) is 28.9 Å². The van der Waals surface area contributed by atoms with Gasteiger partial charge in [0, 0.05) is 32.2 Å². The Balaban J connectivity index is -0.00000156. The Bertz CT molecular complexity index is 422. The Morgan fingerprint density at radius 3 is 2.25 bits per heavy atom. The highest BCUT2D eigenvalue weighted by Crippen LogP contribution is 2.43. The molecule has 28 heavy (non-hydrogen) atoms. The van der Waals surface area contributed by atoms with Crippen molar-refractivity contribution in [1.29, 1.82) is 0 Å². The van der Waals surface area contributed by atoms with Gasteiger partial charge in [-0.15, -0.1) is 11.6 Å². The van der Waals surface area contributed by atoms with E-state index in [4.69, 9.17) is 17.3 Å². The molecule has 0 bridgehead atoms. The van der Waals surface area contributed by atoms with Gasteiger partial charge >= 0.3 is 0 Å². The quantitative estimate of drug-likeness (QED) is 0.473. The van der Waals surface area contributed by atoms with E-state index in [-0.39, 0.29) is 29.2 Å². The highest BCUT2D eigenvalue weighted by molar-refractivity contribution is 6.21. The van der Waals surface area contributed by atoms with E-state index in [1.54, 1.807) is 0 Å². The topological polar surface area (TPSA) is 136 Å². The Morgan fingerprint density at radius 2 is 1.79 bits per heavy atom. The van der Waals surface area contributed by atoms with E-state index in [9.17, 15) is 0 Å². The summed E-state index contributed by atoms with van der Waals surface area (Å²) in [7, 11) is 0. The summed E-state index contributed by atoms with van der Waals surface area (Å²) in [5.74, 6) is 2.14. The second-order valence-electron chi connectivity index (χ2n) is 8.85. The van der Waals surface area contributed by atoms with E-state index < -0.39 is 0 Å². The summed E-state index contributed by atoms with van der Waals surface area (Å²) < 4.78 is 0. The van der Waals surface area contributed by atoms with Gasteiger partial charge in [-0.25, -0.2) is 0 Å². The molecule has 172 valence electrons. The Kier molecular flexibility index (Phi) is 17.1. The Morgan fingerprint density at radius 1 is 1.14 bits per heavy atom. The van der Waals surface area contributed by atoms with Crippen LogP contribution in [-0.2, 0) is 0 Å². The zero-order chi connectivity index (χ0) is 17.7. The fraction of sp³-hybridized carbons (Fsp3) is 0.905. The summed E-state index contributed by atoms with van der Waals surface area (Å²) >= 11 is 6.23. The molecule has 0 amide bonds. The SMILES string of the molecule is C.CC(C)[C@H](CN1CCC(C2C=CC(Cl)CC2)C(C)(C)C1)NCCN.O.O.O. The first-order chi connectivity index (χ1) is 11.3. The zero-order valence-electron chi connectivity index (χ0n) is 17.6. The monoisotopic (exact) mass is 425 g/mol. The van der Waals surface area contributed by atoms with Crippen molar-refractivity contribution in [2.45, 2.75) is 65.8 Å². The van der Waals surface area contributed by atoms with Crippen molar-refractivity contribution < 1.29 is 16.4 Å². The molecule has 2 rings (SSSR count). The minimum Gasteiger partial charge on any atom is -0.412 e. The molecule has 2 aliphatic rings. The van der Waals surface area contributed by atoms with E-state index in [0.29, 0.717) is 29.8 Å². The van der Waals surface area contributed by atoms with Gasteiger partial charge < -0.3 is 32.4 Å². The lowest BCUT2D eigenvalue weighted by atomic mass is 9.65. The largest absolute Gasteiger partial charge is 0.412 e. The molecule has 0 aromatic rings. The van der Waals surface area contributed by atoms with Crippen LogP contribution in [0.2, 0.25) is 0 Å². The number of alkyl halides is 1. The molecule has 4 atom stereocenters. The number of likely N-dealkylation sites (tertiary alicyclic amines) is 1. The van der Waals surface area contributed by atoms with Crippen LogP contribution in [0.4, 0.5) is 0 Å². The van der Waals surface area contributed by atoms with Crippen molar-refractivity contribution in [3.63, 3.8) is 0 Å². The minimum atomic E-state index is 0. The van der Waals surface area contributed by atoms with Crippen molar-refractivity contribution in [3.8, 4) is 0 Å². The predicted octanol–water partition coefficient (Wildman–Crippen LogP) is 1.64. The molecular weight excluding hydrogens is 378 g/mol. The van der Waals surface area contributed by atoms with Crippen LogP contribution in [0.1, 0.15) is 54.4 Å². The number of halogens is 1. The Labute approximate surface area is 178 Å². The smallest absolute Gasteiger partial charge is 0.0516 e. The molecule has 1 heterocycles. The molecule has 7 heteroatoms. The van der Waals surface area contributed by atoms with Gasteiger partial charge in [-0.1, -0.05) is 47.3 Å². The van der Waals surface area contributed by atoms with Gasteiger partial charge in [0.15, 0.2) is 0 Å². The molecule has 0 spiro atoms. The van der Waals surface area contributed by atoms with Gasteiger partial charge in [0.1, 0.15) is 0 Å². The van der Waals surface area contributed by atoms with Crippen LogP contribution in [0.25, 0.3) is 0 Å². The van der Waals surface area contributed by atoms with E-state index in [2.05, 4.69) is 50.1 Å². The third-order valence-corrected chi connectivity index (χ3v) is 6.43. The van der Waals surface area contributed by atoms with Crippen LogP contribution >= 0.6 is 11.6 Å². The average Bonchev–Trinajstić information content (AvgIpc) is 2.51. The summed E-state index contributed by atoms with van der Waals surface area (Å²) in [6.45, 7) is 14.7. The van der Waals surface area contributed by atoms with Gasteiger partial charge in [0.25, 0.3) is 0 Å². The van der Waals surface area contributed by atoms with Crippen LogP contribution in [0.5, 0.6) is 0 Å². The molecule has 3 unspecified atom stereocenters. The molecule has 0 radical (unpaired) electrons. The molecule has 0 saturated carbocycles. The van der Waals surface area contributed by atoms with Crippen molar-refractivity contribution >= 4 is 11.6 Å². The zero-order valence-corrected chi connectivity index (χ0v) is 18.4. The fourth-order valence-electron chi connectivity index (χ4n) is 4.64. The molecule has 1 aliphatic heterocycles. The summed E-state index contributed by atoms with van der Waals surface area (Å²) in [4.78, 5) is 2.67. The van der Waals surface area contributed by atoms with Gasteiger partial charge in [-0.3, -0.25) is 0 Å². The molecule has 1 fully saturated rings. The first-order valence-corrected chi connectivity index (χ1v) is 10.3.